The quantitative estimate of drug-likeness (QED) is 0.674. The number of hydrogen-bond acceptors (Lipinski definition) is 4. The summed E-state index contributed by atoms with van der Waals surface area (Å²) in [6.45, 7) is 15.6. The predicted octanol–water partition coefficient (Wildman–Crippen LogP) is 1.51. The van der Waals surface area contributed by atoms with Crippen LogP contribution in [0.25, 0.3) is 0 Å². The molecule has 1 rings (SSSR count). The Labute approximate surface area is 126 Å². The SMILES string of the molecule is CCCN1CCCC(CN)(NCCN(CC)CC)CC1. The van der Waals surface area contributed by atoms with Gasteiger partial charge in [0.2, 0.25) is 0 Å². The summed E-state index contributed by atoms with van der Waals surface area (Å²) in [4.78, 5) is 5.07. The van der Waals surface area contributed by atoms with E-state index < -0.39 is 0 Å². The highest BCUT2D eigenvalue weighted by molar-refractivity contribution is 4.92. The Morgan fingerprint density at radius 3 is 2.50 bits per heavy atom. The van der Waals surface area contributed by atoms with Gasteiger partial charge in [0.15, 0.2) is 0 Å². The normalized spacial score (nSPS) is 25.1. The van der Waals surface area contributed by atoms with Crippen LogP contribution in [-0.2, 0) is 0 Å². The first-order valence-corrected chi connectivity index (χ1v) is 8.59. The minimum Gasteiger partial charge on any atom is -0.329 e. The molecule has 0 spiro atoms. The van der Waals surface area contributed by atoms with Crippen molar-refractivity contribution in [2.75, 3.05) is 52.4 Å². The maximum Gasteiger partial charge on any atom is 0.0317 e. The van der Waals surface area contributed by atoms with E-state index in [1.54, 1.807) is 0 Å². The van der Waals surface area contributed by atoms with Crippen LogP contribution in [0.15, 0.2) is 0 Å². The van der Waals surface area contributed by atoms with Gasteiger partial charge in [-0.2, -0.15) is 0 Å². The molecule has 3 N–H and O–H groups in total. The molecular weight excluding hydrogens is 248 g/mol. The lowest BCUT2D eigenvalue weighted by Gasteiger charge is -2.34. The van der Waals surface area contributed by atoms with E-state index in [2.05, 4.69) is 35.9 Å². The average molecular weight is 284 g/mol. The molecule has 1 fully saturated rings. The Morgan fingerprint density at radius 2 is 1.90 bits per heavy atom. The van der Waals surface area contributed by atoms with Gasteiger partial charge < -0.3 is 20.9 Å². The molecule has 4 heteroatoms. The summed E-state index contributed by atoms with van der Waals surface area (Å²) in [5.41, 5.74) is 6.29. The van der Waals surface area contributed by atoms with Crippen molar-refractivity contribution in [3.05, 3.63) is 0 Å². The van der Waals surface area contributed by atoms with Gasteiger partial charge in [-0.1, -0.05) is 20.8 Å². The van der Waals surface area contributed by atoms with Crippen molar-refractivity contribution in [3.63, 3.8) is 0 Å². The van der Waals surface area contributed by atoms with Crippen LogP contribution in [0.1, 0.15) is 46.5 Å². The van der Waals surface area contributed by atoms with E-state index in [4.69, 9.17) is 5.73 Å². The molecule has 120 valence electrons. The summed E-state index contributed by atoms with van der Waals surface area (Å²) in [5.74, 6) is 0. The second-order valence-electron chi connectivity index (χ2n) is 6.13. The van der Waals surface area contributed by atoms with Crippen molar-refractivity contribution in [3.8, 4) is 0 Å². The lowest BCUT2D eigenvalue weighted by atomic mass is 9.90. The summed E-state index contributed by atoms with van der Waals surface area (Å²) in [5, 5.41) is 3.79. The summed E-state index contributed by atoms with van der Waals surface area (Å²) in [6.07, 6.45) is 4.95. The number of rotatable bonds is 9. The zero-order valence-electron chi connectivity index (χ0n) is 14.0. The van der Waals surface area contributed by atoms with E-state index in [9.17, 15) is 0 Å². The van der Waals surface area contributed by atoms with E-state index in [0.29, 0.717) is 0 Å². The third-order valence-corrected chi connectivity index (χ3v) is 4.79. The Morgan fingerprint density at radius 1 is 1.15 bits per heavy atom. The predicted molar refractivity (Wildman–Crippen MR) is 88.2 cm³/mol. The molecule has 0 radical (unpaired) electrons. The third kappa shape index (κ3) is 5.68. The maximum absolute atomic E-state index is 6.11. The van der Waals surface area contributed by atoms with Crippen molar-refractivity contribution in [2.45, 2.75) is 52.0 Å². The number of nitrogens with zero attached hydrogens (tertiary/aromatic N) is 2. The van der Waals surface area contributed by atoms with Gasteiger partial charge in [-0.15, -0.1) is 0 Å². The highest BCUT2D eigenvalue weighted by Gasteiger charge is 2.30. The monoisotopic (exact) mass is 284 g/mol. The van der Waals surface area contributed by atoms with Crippen LogP contribution in [0.3, 0.4) is 0 Å². The lowest BCUT2D eigenvalue weighted by Crippen LogP contribution is -2.53. The Balaban J connectivity index is 2.42. The fraction of sp³-hybridized carbons (Fsp3) is 1.00. The molecule has 1 aliphatic rings. The van der Waals surface area contributed by atoms with E-state index in [-0.39, 0.29) is 5.54 Å². The fourth-order valence-electron chi connectivity index (χ4n) is 3.26. The van der Waals surface area contributed by atoms with Crippen molar-refractivity contribution in [1.82, 2.24) is 15.1 Å². The van der Waals surface area contributed by atoms with Gasteiger partial charge in [0.05, 0.1) is 0 Å². The number of nitrogens with one attached hydrogen (secondary N) is 1. The maximum atomic E-state index is 6.11. The van der Waals surface area contributed by atoms with Crippen LogP contribution in [0.2, 0.25) is 0 Å². The first-order valence-electron chi connectivity index (χ1n) is 8.59. The van der Waals surface area contributed by atoms with Crippen LogP contribution < -0.4 is 11.1 Å². The standard InChI is InChI=1S/C16H36N4/c1-4-11-20-12-7-8-16(15-17,9-13-20)18-10-14-19(5-2)6-3/h18H,4-15,17H2,1-3H3. The molecule has 0 aromatic heterocycles. The largest absolute Gasteiger partial charge is 0.329 e. The number of hydrogen-bond donors (Lipinski definition) is 2. The number of likely N-dealkylation sites (N-methyl/N-ethyl adjacent to an activating group) is 1. The molecule has 1 aliphatic heterocycles. The molecule has 0 bridgehead atoms. The molecule has 1 saturated heterocycles. The Kier molecular flexibility index (Phi) is 8.69. The lowest BCUT2D eigenvalue weighted by molar-refractivity contribution is 0.240. The summed E-state index contributed by atoms with van der Waals surface area (Å²) >= 11 is 0. The van der Waals surface area contributed by atoms with Crippen LogP contribution in [0.5, 0.6) is 0 Å². The number of likely N-dealkylation sites (tertiary alicyclic amines) is 1. The zero-order valence-corrected chi connectivity index (χ0v) is 14.0. The van der Waals surface area contributed by atoms with Crippen LogP contribution in [0.4, 0.5) is 0 Å². The van der Waals surface area contributed by atoms with Gasteiger partial charge in [-0.3, -0.25) is 0 Å². The van der Waals surface area contributed by atoms with Crippen LogP contribution >= 0.6 is 0 Å². The summed E-state index contributed by atoms with van der Waals surface area (Å²) < 4.78 is 0. The Hall–Kier alpha value is -0.160. The first kappa shape index (κ1) is 17.9. The summed E-state index contributed by atoms with van der Waals surface area (Å²) in [7, 11) is 0. The highest BCUT2D eigenvalue weighted by Crippen LogP contribution is 2.21. The molecule has 0 saturated carbocycles. The van der Waals surface area contributed by atoms with Gasteiger partial charge in [-0.25, -0.2) is 0 Å². The molecule has 1 unspecified atom stereocenters. The van der Waals surface area contributed by atoms with Gasteiger partial charge in [-0.05, 0) is 58.4 Å². The zero-order chi connectivity index (χ0) is 14.8. The Bertz CT molecular complexity index is 243. The average Bonchev–Trinajstić information content (AvgIpc) is 2.68. The first-order chi connectivity index (χ1) is 9.69. The minimum atomic E-state index is 0.176. The molecule has 20 heavy (non-hydrogen) atoms. The second-order valence-corrected chi connectivity index (χ2v) is 6.13. The van der Waals surface area contributed by atoms with E-state index in [1.807, 2.05) is 0 Å². The topological polar surface area (TPSA) is 44.5 Å². The number of nitrogens with two attached hydrogens (primary N) is 1. The molecule has 1 atom stereocenters. The second kappa shape index (κ2) is 9.72. The third-order valence-electron chi connectivity index (χ3n) is 4.79. The molecule has 4 nitrogen and oxygen atoms in total. The van der Waals surface area contributed by atoms with E-state index >= 15 is 0 Å². The van der Waals surface area contributed by atoms with Crippen molar-refractivity contribution in [1.29, 1.82) is 0 Å². The van der Waals surface area contributed by atoms with Crippen molar-refractivity contribution >= 4 is 0 Å². The van der Waals surface area contributed by atoms with E-state index in [1.165, 1.54) is 45.3 Å². The van der Waals surface area contributed by atoms with Crippen LogP contribution in [0, 0.1) is 0 Å². The molecule has 0 amide bonds. The minimum absolute atomic E-state index is 0.176. The van der Waals surface area contributed by atoms with Gasteiger partial charge in [0.1, 0.15) is 0 Å². The van der Waals surface area contributed by atoms with Crippen molar-refractivity contribution < 1.29 is 0 Å². The molecule has 0 aliphatic carbocycles. The van der Waals surface area contributed by atoms with Crippen molar-refractivity contribution in [2.24, 2.45) is 5.73 Å². The summed E-state index contributed by atoms with van der Waals surface area (Å²) in [6, 6.07) is 0. The van der Waals surface area contributed by atoms with Crippen LogP contribution in [-0.4, -0.2) is 67.7 Å². The smallest absolute Gasteiger partial charge is 0.0317 e. The van der Waals surface area contributed by atoms with Gasteiger partial charge in [0, 0.05) is 25.2 Å². The molecular formula is C16H36N4. The molecule has 0 aromatic carbocycles. The fourth-order valence-corrected chi connectivity index (χ4v) is 3.26. The molecule has 1 heterocycles. The van der Waals surface area contributed by atoms with Gasteiger partial charge in [0.25, 0.3) is 0 Å². The van der Waals surface area contributed by atoms with Gasteiger partial charge >= 0.3 is 0 Å². The highest BCUT2D eigenvalue weighted by atomic mass is 15.2. The van der Waals surface area contributed by atoms with E-state index in [0.717, 1.165) is 32.7 Å². The molecule has 0 aromatic rings.